The highest BCUT2D eigenvalue weighted by molar-refractivity contribution is 6.32. The molecule has 0 atom stereocenters. The molecule has 5 nitrogen and oxygen atoms in total. The molecular weight excluding hydrogens is 336 g/mol. The predicted octanol–water partition coefficient (Wildman–Crippen LogP) is 3.56. The summed E-state index contributed by atoms with van der Waals surface area (Å²) >= 11 is 6.34. The van der Waals surface area contributed by atoms with Crippen LogP contribution in [0.25, 0.3) is 5.69 Å². The summed E-state index contributed by atoms with van der Waals surface area (Å²) in [5.74, 6) is 0. The van der Waals surface area contributed by atoms with Crippen molar-refractivity contribution in [1.29, 1.82) is 0 Å². The summed E-state index contributed by atoms with van der Waals surface area (Å²) in [6, 6.07) is 9.31. The maximum Gasteiger partial charge on any atom is 0.292 e. The number of likely N-dealkylation sites (N-methyl/N-ethyl adjacent to an activating group) is 1. The largest absolute Gasteiger partial charge is 0.381 e. The second kappa shape index (κ2) is 7.58. The SMILES string of the molecule is CN(C)C1(CNc2cnn(-c3ccccc3)c(=O)c2Cl)CCCCC1. The molecule has 1 N–H and O–H groups in total. The minimum Gasteiger partial charge on any atom is -0.381 e. The summed E-state index contributed by atoms with van der Waals surface area (Å²) in [6.45, 7) is 0.760. The highest BCUT2D eigenvalue weighted by atomic mass is 35.5. The normalized spacial score (nSPS) is 16.8. The molecule has 1 fully saturated rings. The van der Waals surface area contributed by atoms with Gasteiger partial charge >= 0.3 is 0 Å². The number of aromatic nitrogens is 2. The Morgan fingerprint density at radius 2 is 1.88 bits per heavy atom. The van der Waals surface area contributed by atoms with Crippen molar-refractivity contribution >= 4 is 17.3 Å². The second-order valence-corrected chi connectivity index (χ2v) is 7.34. The van der Waals surface area contributed by atoms with E-state index in [0.717, 1.165) is 19.4 Å². The molecule has 1 aliphatic carbocycles. The Morgan fingerprint density at radius 3 is 2.52 bits per heavy atom. The number of nitrogens with one attached hydrogen (secondary N) is 1. The molecule has 2 aromatic rings. The van der Waals surface area contributed by atoms with Gasteiger partial charge in [-0.1, -0.05) is 49.1 Å². The number of benzene rings is 1. The van der Waals surface area contributed by atoms with Gasteiger partial charge in [-0.3, -0.25) is 4.79 Å². The molecule has 1 aromatic carbocycles. The zero-order chi connectivity index (χ0) is 17.9. The van der Waals surface area contributed by atoms with Crippen molar-refractivity contribution in [2.75, 3.05) is 26.0 Å². The highest BCUT2D eigenvalue weighted by Gasteiger charge is 2.34. The molecule has 3 rings (SSSR count). The van der Waals surface area contributed by atoms with E-state index in [9.17, 15) is 4.79 Å². The average Bonchev–Trinajstić information content (AvgIpc) is 2.64. The van der Waals surface area contributed by atoms with Crippen molar-refractivity contribution in [3.63, 3.8) is 0 Å². The summed E-state index contributed by atoms with van der Waals surface area (Å²) in [6.07, 6.45) is 7.72. The molecule has 1 aromatic heterocycles. The fourth-order valence-electron chi connectivity index (χ4n) is 3.56. The molecule has 0 saturated heterocycles. The fraction of sp³-hybridized carbons (Fsp3) is 0.474. The van der Waals surface area contributed by atoms with Crippen LogP contribution >= 0.6 is 11.6 Å². The van der Waals surface area contributed by atoms with Crippen LogP contribution in [0.5, 0.6) is 0 Å². The van der Waals surface area contributed by atoms with Gasteiger partial charge in [-0.2, -0.15) is 9.78 Å². The third-order valence-corrected chi connectivity index (χ3v) is 5.63. The van der Waals surface area contributed by atoms with Gasteiger partial charge in [-0.15, -0.1) is 0 Å². The minimum atomic E-state index is -0.305. The molecular formula is C19H25ClN4O. The van der Waals surface area contributed by atoms with Crippen molar-refractivity contribution < 1.29 is 0 Å². The zero-order valence-corrected chi connectivity index (χ0v) is 15.6. The Hall–Kier alpha value is -1.85. The first-order chi connectivity index (χ1) is 12.0. The monoisotopic (exact) mass is 360 g/mol. The van der Waals surface area contributed by atoms with Gasteiger partial charge < -0.3 is 10.2 Å². The lowest BCUT2D eigenvalue weighted by Crippen LogP contribution is -2.51. The average molecular weight is 361 g/mol. The highest BCUT2D eigenvalue weighted by Crippen LogP contribution is 2.32. The molecule has 1 heterocycles. The van der Waals surface area contributed by atoms with Crippen LogP contribution in [0.15, 0.2) is 41.3 Å². The van der Waals surface area contributed by atoms with Crippen LogP contribution < -0.4 is 10.9 Å². The van der Waals surface area contributed by atoms with Crippen molar-refractivity contribution in [3.05, 3.63) is 51.9 Å². The van der Waals surface area contributed by atoms with Gasteiger partial charge in [0.1, 0.15) is 5.02 Å². The molecule has 1 aliphatic rings. The van der Waals surface area contributed by atoms with Gasteiger partial charge in [0.25, 0.3) is 5.56 Å². The maximum absolute atomic E-state index is 12.6. The molecule has 0 spiro atoms. The summed E-state index contributed by atoms with van der Waals surface area (Å²) in [5, 5.41) is 7.84. The van der Waals surface area contributed by atoms with Crippen molar-refractivity contribution in [3.8, 4) is 5.69 Å². The van der Waals surface area contributed by atoms with E-state index in [1.54, 1.807) is 6.20 Å². The number of para-hydroxylation sites is 1. The van der Waals surface area contributed by atoms with Crippen molar-refractivity contribution in [2.45, 2.75) is 37.6 Å². The molecule has 0 radical (unpaired) electrons. The summed E-state index contributed by atoms with van der Waals surface area (Å²) in [4.78, 5) is 14.9. The van der Waals surface area contributed by atoms with E-state index in [-0.39, 0.29) is 16.1 Å². The van der Waals surface area contributed by atoms with Gasteiger partial charge in [-0.05, 0) is 39.1 Å². The molecule has 0 aliphatic heterocycles. The number of halogens is 1. The Kier molecular flexibility index (Phi) is 5.45. The van der Waals surface area contributed by atoms with E-state index in [0.29, 0.717) is 11.4 Å². The molecule has 25 heavy (non-hydrogen) atoms. The molecule has 6 heteroatoms. The number of rotatable bonds is 5. The summed E-state index contributed by atoms with van der Waals surface area (Å²) < 4.78 is 1.33. The molecule has 134 valence electrons. The van der Waals surface area contributed by atoms with Crippen LogP contribution in [-0.2, 0) is 0 Å². The first kappa shape index (κ1) is 18.0. The lowest BCUT2D eigenvalue weighted by atomic mass is 9.80. The lowest BCUT2D eigenvalue weighted by Gasteiger charge is -2.43. The Labute approximate surface area is 153 Å². The fourth-order valence-corrected chi connectivity index (χ4v) is 3.76. The molecule has 0 bridgehead atoms. The van der Waals surface area contributed by atoms with Crippen LogP contribution in [0.3, 0.4) is 0 Å². The summed E-state index contributed by atoms with van der Waals surface area (Å²) in [5.41, 5.74) is 1.11. The number of anilines is 1. The van der Waals surface area contributed by atoms with Crippen LogP contribution in [0.1, 0.15) is 32.1 Å². The minimum absolute atomic E-state index is 0.107. The van der Waals surface area contributed by atoms with Gasteiger partial charge in [0.15, 0.2) is 0 Å². The third-order valence-electron chi connectivity index (χ3n) is 5.26. The first-order valence-electron chi connectivity index (χ1n) is 8.78. The first-order valence-corrected chi connectivity index (χ1v) is 9.16. The molecule has 1 saturated carbocycles. The van der Waals surface area contributed by atoms with Gasteiger partial charge in [0, 0.05) is 12.1 Å². The summed E-state index contributed by atoms with van der Waals surface area (Å²) in [7, 11) is 4.25. The Balaban J connectivity index is 1.82. The smallest absolute Gasteiger partial charge is 0.292 e. The van der Waals surface area contributed by atoms with Gasteiger partial charge in [0.05, 0.1) is 17.6 Å². The van der Waals surface area contributed by atoms with Crippen LogP contribution in [-0.4, -0.2) is 40.9 Å². The van der Waals surface area contributed by atoms with E-state index in [1.165, 1.54) is 23.9 Å². The Morgan fingerprint density at radius 1 is 1.20 bits per heavy atom. The molecule has 0 unspecified atom stereocenters. The topological polar surface area (TPSA) is 50.2 Å². The predicted molar refractivity (Wildman–Crippen MR) is 103 cm³/mol. The molecule has 0 amide bonds. The zero-order valence-electron chi connectivity index (χ0n) is 14.8. The standard InChI is InChI=1S/C19H25ClN4O/c1-23(2)19(11-7-4-8-12-19)14-21-16-13-22-24(18(25)17(16)20)15-9-5-3-6-10-15/h3,5-6,9-10,13,21H,4,7-8,11-12,14H2,1-2H3. The van der Waals surface area contributed by atoms with Gasteiger partial charge in [-0.25, -0.2) is 0 Å². The van der Waals surface area contributed by atoms with Crippen LogP contribution in [0, 0.1) is 0 Å². The maximum atomic E-state index is 12.6. The number of hydrogen-bond donors (Lipinski definition) is 1. The third kappa shape index (κ3) is 3.72. The second-order valence-electron chi connectivity index (χ2n) is 6.96. The number of nitrogens with zero attached hydrogens (tertiary/aromatic N) is 3. The van der Waals surface area contributed by atoms with E-state index < -0.39 is 0 Å². The van der Waals surface area contributed by atoms with Crippen LogP contribution in [0.4, 0.5) is 5.69 Å². The number of hydrogen-bond acceptors (Lipinski definition) is 4. The quantitative estimate of drug-likeness (QED) is 0.885. The van der Waals surface area contributed by atoms with Crippen molar-refractivity contribution in [2.24, 2.45) is 0 Å². The van der Waals surface area contributed by atoms with Gasteiger partial charge in [0.2, 0.25) is 0 Å². The van der Waals surface area contributed by atoms with Crippen LogP contribution in [0.2, 0.25) is 5.02 Å². The van der Waals surface area contributed by atoms with Crippen molar-refractivity contribution in [1.82, 2.24) is 14.7 Å². The lowest BCUT2D eigenvalue weighted by molar-refractivity contribution is 0.113. The Bertz CT molecular complexity index is 767. The van der Waals surface area contributed by atoms with E-state index in [1.807, 2.05) is 30.3 Å². The van der Waals surface area contributed by atoms with E-state index in [2.05, 4.69) is 29.4 Å². The van der Waals surface area contributed by atoms with E-state index >= 15 is 0 Å². The van der Waals surface area contributed by atoms with E-state index in [4.69, 9.17) is 11.6 Å².